The summed E-state index contributed by atoms with van der Waals surface area (Å²) < 4.78 is 17.0. The number of aliphatic hydroxyl groups excluding tert-OH is 1. The molecule has 1 fully saturated rings. The molecule has 1 saturated heterocycles. The predicted molar refractivity (Wildman–Crippen MR) is 126 cm³/mol. The Bertz CT molecular complexity index is 968. The molecule has 1 atom stereocenters. The number of nitrogens with zero attached hydrogens (tertiary/aromatic N) is 2. The van der Waals surface area contributed by atoms with Crippen LogP contribution in [0.3, 0.4) is 0 Å². The molecule has 1 amide bonds. The van der Waals surface area contributed by atoms with Gasteiger partial charge in [-0.2, -0.15) is 0 Å². The normalized spacial score (nSPS) is 20.5. The summed E-state index contributed by atoms with van der Waals surface area (Å²) in [4.78, 5) is 20.2. The summed E-state index contributed by atoms with van der Waals surface area (Å²) in [6.45, 7) is 2.96. The molecule has 0 aromatic heterocycles. The van der Waals surface area contributed by atoms with Crippen LogP contribution in [0.15, 0.2) is 65.7 Å². The molecule has 0 bridgehead atoms. The second-order valence-electron chi connectivity index (χ2n) is 8.11. The minimum Gasteiger partial charge on any atom is -0.494 e. The molecular weight excluding hydrogens is 420 g/mol. The average Bonchev–Trinajstić information content (AvgIpc) is 3.31. The fourth-order valence-corrected chi connectivity index (χ4v) is 3.86. The predicted octanol–water partition coefficient (Wildman–Crippen LogP) is 2.93. The maximum absolute atomic E-state index is 13.6. The largest absolute Gasteiger partial charge is 0.494 e. The van der Waals surface area contributed by atoms with Crippen LogP contribution in [0, 0.1) is 0 Å². The first-order valence-electron chi connectivity index (χ1n) is 11.4. The van der Waals surface area contributed by atoms with Crippen molar-refractivity contribution in [3.8, 4) is 5.75 Å². The number of ether oxygens (including phenoxy) is 3. The molecule has 2 aliphatic heterocycles. The van der Waals surface area contributed by atoms with E-state index in [2.05, 4.69) is 0 Å². The lowest BCUT2D eigenvalue weighted by molar-refractivity contribution is -0.141. The Morgan fingerprint density at radius 3 is 2.61 bits per heavy atom. The first kappa shape index (κ1) is 23.0. The summed E-state index contributed by atoms with van der Waals surface area (Å²) in [5, 5.41) is 8.89. The average molecular weight is 451 g/mol. The van der Waals surface area contributed by atoms with E-state index in [1.165, 1.54) is 0 Å². The highest BCUT2D eigenvalue weighted by Gasteiger charge is 2.46. The first-order valence-corrected chi connectivity index (χ1v) is 11.4. The summed E-state index contributed by atoms with van der Waals surface area (Å²) in [5.41, 5.74) is 0.883. The summed E-state index contributed by atoms with van der Waals surface area (Å²) in [6.07, 6.45) is 5.05. The monoisotopic (exact) mass is 450 g/mol. The smallest absolute Gasteiger partial charge is 0.254 e. The molecule has 33 heavy (non-hydrogen) atoms. The van der Waals surface area contributed by atoms with Gasteiger partial charge in [0.15, 0.2) is 5.54 Å². The van der Waals surface area contributed by atoms with Crippen LogP contribution in [0.1, 0.15) is 24.0 Å². The molecule has 0 saturated carbocycles. The van der Waals surface area contributed by atoms with E-state index in [1.807, 2.05) is 71.6 Å². The number of aliphatic hydroxyl groups is 1. The molecule has 0 unspecified atom stereocenters. The highest BCUT2D eigenvalue weighted by Crippen LogP contribution is 2.30. The van der Waals surface area contributed by atoms with E-state index in [0.717, 1.165) is 11.1 Å². The standard InChI is InChI=1S/C26H30N2O5/c29-16-5-17-32-23-11-9-22(10-12-23)24-27-26(20-33-24,25(30)28-14-18-31-19-15-28)13-4-8-21-6-2-1-3-7-21/h1-4,6-12,29H,5,13-20H2/b8-4+/t26-/m1/s1. The van der Waals surface area contributed by atoms with Crippen LogP contribution in [0.4, 0.5) is 0 Å². The molecule has 174 valence electrons. The number of hydrogen-bond donors (Lipinski definition) is 1. The highest BCUT2D eigenvalue weighted by molar-refractivity contribution is 6.00. The van der Waals surface area contributed by atoms with Crippen molar-refractivity contribution in [2.75, 3.05) is 46.1 Å². The maximum atomic E-state index is 13.6. The molecule has 2 heterocycles. The molecule has 0 radical (unpaired) electrons. The topological polar surface area (TPSA) is 80.6 Å². The molecular formula is C26H30N2O5. The minimum atomic E-state index is -0.992. The quantitative estimate of drug-likeness (QED) is 0.594. The Labute approximate surface area is 194 Å². The van der Waals surface area contributed by atoms with Crippen LogP contribution < -0.4 is 4.74 Å². The number of carbonyl (C=O) groups is 1. The number of amides is 1. The van der Waals surface area contributed by atoms with Gasteiger partial charge in [-0.1, -0.05) is 42.5 Å². The van der Waals surface area contributed by atoms with Crippen LogP contribution in [-0.2, 0) is 14.3 Å². The summed E-state index contributed by atoms with van der Waals surface area (Å²) in [7, 11) is 0. The number of morpholine rings is 1. The minimum absolute atomic E-state index is 0.0255. The molecule has 0 spiro atoms. The fraction of sp³-hybridized carbons (Fsp3) is 0.385. The van der Waals surface area contributed by atoms with Gasteiger partial charge in [0.25, 0.3) is 5.91 Å². The molecule has 7 heteroatoms. The third-order valence-electron chi connectivity index (χ3n) is 5.70. The van der Waals surface area contributed by atoms with Gasteiger partial charge in [0.2, 0.25) is 5.90 Å². The summed E-state index contributed by atoms with van der Waals surface area (Å²) in [6, 6.07) is 17.4. The van der Waals surface area contributed by atoms with Crippen molar-refractivity contribution in [3.05, 3.63) is 71.8 Å². The Hall–Kier alpha value is -3.16. The van der Waals surface area contributed by atoms with Gasteiger partial charge in [-0.05, 0) is 29.8 Å². The van der Waals surface area contributed by atoms with Crippen molar-refractivity contribution in [2.24, 2.45) is 4.99 Å². The van der Waals surface area contributed by atoms with E-state index < -0.39 is 5.54 Å². The van der Waals surface area contributed by atoms with E-state index in [-0.39, 0.29) is 19.1 Å². The van der Waals surface area contributed by atoms with E-state index in [0.29, 0.717) is 57.4 Å². The number of hydrogen-bond acceptors (Lipinski definition) is 6. The third kappa shape index (κ3) is 5.80. The third-order valence-corrected chi connectivity index (χ3v) is 5.70. The molecule has 2 aliphatic rings. The van der Waals surface area contributed by atoms with Crippen molar-refractivity contribution in [3.63, 3.8) is 0 Å². The van der Waals surface area contributed by atoms with Gasteiger partial charge in [0, 0.05) is 38.1 Å². The van der Waals surface area contributed by atoms with Crippen molar-refractivity contribution in [2.45, 2.75) is 18.4 Å². The molecule has 1 N–H and O–H groups in total. The van der Waals surface area contributed by atoms with Gasteiger partial charge in [0.1, 0.15) is 12.4 Å². The van der Waals surface area contributed by atoms with Crippen LogP contribution in [0.5, 0.6) is 5.75 Å². The molecule has 2 aromatic carbocycles. The van der Waals surface area contributed by atoms with Gasteiger partial charge in [0.05, 0.1) is 19.8 Å². The first-order chi connectivity index (χ1) is 16.2. The lowest BCUT2D eigenvalue weighted by Gasteiger charge is -2.33. The number of carbonyl (C=O) groups excluding carboxylic acids is 1. The zero-order valence-electron chi connectivity index (χ0n) is 18.7. The molecule has 4 rings (SSSR count). The number of benzene rings is 2. The second-order valence-corrected chi connectivity index (χ2v) is 8.11. The van der Waals surface area contributed by atoms with Crippen LogP contribution >= 0.6 is 0 Å². The zero-order valence-corrected chi connectivity index (χ0v) is 18.7. The molecule has 0 aliphatic carbocycles. The second kappa shape index (κ2) is 11.1. The van der Waals surface area contributed by atoms with Gasteiger partial charge >= 0.3 is 0 Å². The zero-order chi connectivity index (χ0) is 22.9. The van der Waals surface area contributed by atoms with E-state index in [9.17, 15) is 4.79 Å². The van der Waals surface area contributed by atoms with Gasteiger partial charge in [-0.25, -0.2) is 4.99 Å². The van der Waals surface area contributed by atoms with Crippen molar-refractivity contribution < 1.29 is 24.1 Å². The van der Waals surface area contributed by atoms with Crippen LogP contribution in [0.25, 0.3) is 6.08 Å². The van der Waals surface area contributed by atoms with Crippen LogP contribution in [-0.4, -0.2) is 73.5 Å². The Balaban J connectivity index is 1.54. The van der Waals surface area contributed by atoms with Crippen molar-refractivity contribution >= 4 is 17.9 Å². The Morgan fingerprint density at radius 1 is 1.12 bits per heavy atom. The van der Waals surface area contributed by atoms with Crippen LogP contribution in [0.2, 0.25) is 0 Å². The van der Waals surface area contributed by atoms with E-state index >= 15 is 0 Å². The van der Waals surface area contributed by atoms with Gasteiger partial charge in [-0.15, -0.1) is 0 Å². The van der Waals surface area contributed by atoms with Gasteiger partial charge < -0.3 is 24.2 Å². The Morgan fingerprint density at radius 2 is 1.88 bits per heavy atom. The highest BCUT2D eigenvalue weighted by atomic mass is 16.5. The maximum Gasteiger partial charge on any atom is 0.254 e. The number of aliphatic imine (C=N–C) groups is 1. The van der Waals surface area contributed by atoms with Crippen molar-refractivity contribution in [1.82, 2.24) is 4.90 Å². The van der Waals surface area contributed by atoms with E-state index in [1.54, 1.807) is 0 Å². The number of rotatable bonds is 9. The molecule has 2 aromatic rings. The molecule has 7 nitrogen and oxygen atoms in total. The SMILES string of the molecule is O=C(N1CCOCC1)[C@@]1(C/C=C/c2ccccc2)COC(c2ccc(OCCCO)cc2)=N1. The lowest BCUT2D eigenvalue weighted by Crippen LogP contribution is -2.52. The Kier molecular flexibility index (Phi) is 7.75. The summed E-state index contributed by atoms with van der Waals surface area (Å²) in [5.74, 6) is 1.15. The van der Waals surface area contributed by atoms with E-state index in [4.69, 9.17) is 24.3 Å². The van der Waals surface area contributed by atoms with Crippen molar-refractivity contribution in [1.29, 1.82) is 0 Å². The summed E-state index contributed by atoms with van der Waals surface area (Å²) >= 11 is 0. The lowest BCUT2D eigenvalue weighted by atomic mass is 9.94. The van der Waals surface area contributed by atoms with Gasteiger partial charge in [-0.3, -0.25) is 4.79 Å². The fourth-order valence-electron chi connectivity index (χ4n) is 3.86.